The van der Waals surface area contributed by atoms with E-state index in [9.17, 15) is 30.0 Å². The topological polar surface area (TPSA) is 152 Å². The molecule has 1 aliphatic heterocycles. The molecule has 322 valence electrons. The van der Waals surface area contributed by atoms with Crippen molar-refractivity contribution in [3.63, 3.8) is 0 Å². The standard InChI is InChI=1S/C47H74O10/c1-3-5-7-9-11-13-15-17-19-20-22-24-26-28-30-32-34-36-43(50)56-40(39-55-47-46(53)45(52)44(51)41(37-48)57-47)38-54-42(49)35-33-31-29-27-25-23-21-18-16-14-12-10-8-6-4-2/h5,7,11-14,17-19,21-22,24-25,27-28,30,40-41,44-48,51-53H,3-4,6,8-10,15-16,20,23,26,29,31-39H2,1-2H3/b7-5+,13-11+,14-12+,19-17+,21-18+,24-22+,27-25+,30-28+/t40-,41-,44+,45?,46?,47-/m1/s1. The summed E-state index contributed by atoms with van der Waals surface area (Å²) >= 11 is 0. The van der Waals surface area contributed by atoms with Crippen molar-refractivity contribution in [2.75, 3.05) is 19.8 Å². The van der Waals surface area contributed by atoms with Crippen LogP contribution in [0.25, 0.3) is 0 Å². The maximum Gasteiger partial charge on any atom is 0.306 e. The van der Waals surface area contributed by atoms with Crippen LogP contribution in [0, 0.1) is 0 Å². The van der Waals surface area contributed by atoms with E-state index in [1.165, 1.54) is 19.3 Å². The van der Waals surface area contributed by atoms with Gasteiger partial charge in [0.05, 0.1) is 13.2 Å². The van der Waals surface area contributed by atoms with Crippen molar-refractivity contribution >= 4 is 11.9 Å². The van der Waals surface area contributed by atoms with Gasteiger partial charge in [-0.05, 0) is 89.9 Å². The number of hydrogen-bond donors (Lipinski definition) is 4. The molecular formula is C47H74O10. The van der Waals surface area contributed by atoms with E-state index in [0.29, 0.717) is 19.3 Å². The van der Waals surface area contributed by atoms with Crippen LogP contribution in [-0.4, -0.2) is 89.0 Å². The van der Waals surface area contributed by atoms with Crippen molar-refractivity contribution in [1.82, 2.24) is 0 Å². The number of esters is 2. The zero-order valence-corrected chi connectivity index (χ0v) is 34.8. The summed E-state index contributed by atoms with van der Waals surface area (Å²) in [6.07, 6.45) is 41.3. The smallest absolute Gasteiger partial charge is 0.306 e. The normalized spacial score (nSPS) is 21.3. The van der Waals surface area contributed by atoms with Crippen LogP contribution < -0.4 is 0 Å². The highest BCUT2D eigenvalue weighted by Gasteiger charge is 2.44. The third kappa shape index (κ3) is 28.6. The third-order valence-electron chi connectivity index (χ3n) is 8.95. The SMILES string of the molecule is CC/C=C/C/C=C/C/C=C/C/C=C/C/C=C/CCCC(=O)O[C@H](COC(=O)CCCC/C=C/C/C=C/C/C=C/CCCCC)CO[C@@H]1O[C@H](CO)[C@H](O)C(O)C1O. The number of aliphatic hydroxyl groups excluding tert-OH is 4. The molecule has 4 N–H and O–H groups in total. The molecule has 1 fully saturated rings. The minimum atomic E-state index is -1.62. The zero-order chi connectivity index (χ0) is 41.6. The van der Waals surface area contributed by atoms with Crippen LogP contribution in [-0.2, 0) is 28.5 Å². The zero-order valence-electron chi connectivity index (χ0n) is 34.8. The van der Waals surface area contributed by atoms with E-state index in [2.05, 4.69) is 105 Å². The number of aliphatic hydroxyl groups is 4. The number of carbonyl (C=O) groups excluding carboxylic acids is 2. The molecule has 0 spiro atoms. The van der Waals surface area contributed by atoms with Crippen molar-refractivity contribution in [3.05, 3.63) is 97.2 Å². The van der Waals surface area contributed by atoms with Gasteiger partial charge in [-0.3, -0.25) is 9.59 Å². The average molecular weight is 799 g/mol. The summed E-state index contributed by atoms with van der Waals surface area (Å²) < 4.78 is 22.0. The number of unbranched alkanes of at least 4 members (excludes halogenated alkanes) is 6. The number of hydrogen-bond acceptors (Lipinski definition) is 10. The molecule has 1 heterocycles. The Labute approximate surface area is 343 Å². The Morgan fingerprint density at radius 3 is 1.54 bits per heavy atom. The predicted molar refractivity (Wildman–Crippen MR) is 228 cm³/mol. The Morgan fingerprint density at radius 1 is 0.561 bits per heavy atom. The number of carbonyl (C=O) groups is 2. The Bertz CT molecular complexity index is 1240. The first-order valence-electron chi connectivity index (χ1n) is 21.3. The molecule has 1 saturated heterocycles. The van der Waals surface area contributed by atoms with Crippen molar-refractivity contribution in [3.8, 4) is 0 Å². The summed E-state index contributed by atoms with van der Waals surface area (Å²) in [4.78, 5) is 25.3. The van der Waals surface area contributed by atoms with Gasteiger partial charge in [0, 0.05) is 12.8 Å². The predicted octanol–water partition coefficient (Wildman–Crippen LogP) is 8.77. The number of rotatable bonds is 33. The quantitative estimate of drug-likeness (QED) is 0.0288. The van der Waals surface area contributed by atoms with E-state index in [0.717, 1.165) is 64.2 Å². The first kappa shape index (κ1) is 51.6. The lowest BCUT2D eigenvalue weighted by molar-refractivity contribution is -0.305. The van der Waals surface area contributed by atoms with Crippen LogP contribution in [0.4, 0.5) is 0 Å². The second-order valence-electron chi connectivity index (χ2n) is 14.1. The van der Waals surface area contributed by atoms with Crippen LogP contribution >= 0.6 is 0 Å². The molecule has 57 heavy (non-hydrogen) atoms. The maximum atomic E-state index is 12.7. The summed E-state index contributed by atoms with van der Waals surface area (Å²) in [5, 5.41) is 40.0. The first-order chi connectivity index (χ1) is 27.8. The fraction of sp³-hybridized carbons (Fsp3) is 0.617. The second-order valence-corrected chi connectivity index (χ2v) is 14.1. The van der Waals surface area contributed by atoms with Gasteiger partial charge in [0.2, 0.25) is 0 Å². The van der Waals surface area contributed by atoms with Gasteiger partial charge in [-0.15, -0.1) is 0 Å². The Hall–Kier alpha value is -3.38. The van der Waals surface area contributed by atoms with E-state index < -0.39 is 55.4 Å². The lowest BCUT2D eigenvalue weighted by atomic mass is 9.99. The van der Waals surface area contributed by atoms with Gasteiger partial charge in [0.25, 0.3) is 0 Å². The van der Waals surface area contributed by atoms with E-state index >= 15 is 0 Å². The second kappa shape index (κ2) is 36.9. The highest BCUT2D eigenvalue weighted by molar-refractivity contribution is 5.70. The fourth-order valence-corrected chi connectivity index (χ4v) is 5.58. The molecule has 2 unspecified atom stereocenters. The van der Waals surface area contributed by atoms with E-state index in [-0.39, 0.29) is 26.1 Å². The minimum absolute atomic E-state index is 0.137. The van der Waals surface area contributed by atoms with Crippen LogP contribution in [0.15, 0.2) is 97.2 Å². The third-order valence-corrected chi connectivity index (χ3v) is 8.95. The van der Waals surface area contributed by atoms with Gasteiger partial charge in [-0.2, -0.15) is 0 Å². The van der Waals surface area contributed by atoms with Crippen LogP contribution in [0.2, 0.25) is 0 Å². The van der Waals surface area contributed by atoms with Gasteiger partial charge in [0.1, 0.15) is 31.0 Å². The monoisotopic (exact) mass is 799 g/mol. The van der Waals surface area contributed by atoms with E-state index in [1.54, 1.807) is 0 Å². The molecule has 0 bridgehead atoms. The summed E-state index contributed by atoms with van der Waals surface area (Å²) in [7, 11) is 0. The van der Waals surface area contributed by atoms with Crippen LogP contribution in [0.3, 0.4) is 0 Å². The molecule has 10 heteroatoms. The highest BCUT2D eigenvalue weighted by atomic mass is 16.7. The number of ether oxygens (including phenoxy) is 4. The molecule has 0 amide bonds. The molecule has 1 aliphatic rings. The van der Waals surface area contributed by atoms with Crippen molar-refractivity contribution in [1.29, 1.82) is 0 Å². The molecule has 0 aliphatic carbocycles. The van der Waals surface area contributed by atoms with Gasteiger partial charge >= 0.3 is 11.9 Å². The maximum absolute atomic E-state index is 12.7. The van der Waals surface area contributed by atoms with E-state index in [1.807, 2.05) is 6.08 Å². The minimum Gasteiger partial charge on any atom is -0.462 e. The van der Waals surface area contributed by atoms with Gasteiger partial charge in [-0.25, -0.2) is 0 Å². The van der Waals surface area contributed by atoms with Crippen molar-refractivity contribution in [2.24, 2.45) is 0 Å². The highest BCUT2D eigenvalue weighted by Crippen LogP contribution is 2.22. The molecule has 6 atom stereocenters. The lowest BCUT2D eigenvalue weighted by Gasteiger charge is -2.39. The van der Waals surface area contributed by atoms with E-state index in [4.69, 9.17) is 18.9 Å². The summed E-state index contributed by atoms with van der Waals surface area (Å²) in [5.41, 5.74) is 0. The van der Waals surface area contributed by atoms with Gasteiger partial charge < -0.3 is 39.4 Å². The molecule has 0 aromatic heterocycles. The molecular weight excluding hydrogens is 725 g/mol. The lowest BCUT2D eigenvalue weighted by Crippen LogP contribution is -2.59. The van der Waals surface area contributed by atoms with Crippen LogP contribution in [0.1, 0.15) is 129 Å². The summed E-state index contributed by atoms with van der Waals surface area (Å²) in [6, 6.07) is 0. The average Bonchev–Trinajstić information content (AvgIpc) is 3.21. The molecule has 0 aromatic carbocycles. The molecule has 0 radical (unpaired) electrons. The number of allylic oxidation sites excluding steroid dienone is 16. The Balaban J connectivity index is 2.45. The summed E-state index contributed by atoms with van der Waals surface area (Å²) in [6.45, 7) is 3.15. The Morgan fingerprint density at radius 2 is 1.04 bits per heavy atom. The Kier molecular flexibility index (Phi) is 33.5. The first-order valence-corrected chi connectivity index (χ1v) is 21.3. The largest absolute Gasteiger partial charge is 0.462 e. The fourth-order valence-electron chi connectivity index (χ4n) is 5.58. The van der Waals surface area contributed by atoms with Crippen LogP contribution in [0.5, 0.6) is 0 Å². The molecule has 10 nitrogen and oxygen atoms in total. The summed E-state index contributed by atoms with van der Waals surface area (Å²) in [5.74, 6) is -0.932. The molecule has 1 rings (SSSR count). The molecule has 0 saturated carbocycles. The van der Waals surface area contributed by atoms with Crippen molar-refractivity contribution < 1.29 is 49.0 Å². The molecule has 0 aromatic rings. The van der Waals surface area contributed by atoms with Gasteiger partial charge in [0.15, 0.2) is 12.4 Å². The van der Waals surface area contributed by atoms with Crippen molar-refractivity contribution in [2.45, 2.75) is 166 Å². The van der Waals surface area contributed by atoms with Gasteiger partial charge in [-0.1, -0.05) is 124 Å².